The van der Waals surface area contributed by atoms with Crippen LogP contribution in [0.1, 0.15) is 16.7 Å². The minimum atomic E-state index is -1.56. The van der Waals surface area contributed by atoms with E-state index in [1.54, 1.807) is 18.2 Å². The molecule has 0 fully saturated rings. The fraction of sp³-hybridized carbons (Fsp3) is 0.130. The van der Waals surface area contributed by atoms with Crippen LogP contribution in [0.2, 0.25) is 0 Å². The van der Waals surface area contributed by atoms with E-state index in [9.17, 15) is 10.4 Å². The lowest BCUT2D eigenvalue weighted by molar-refractivity contribution is -0.823. The fourth-order valence-corrected chi connectivity index (χ4v) is 2.94. The standard InChI is InChI=1S/C23H23N2O2/c24-22-13-11-19(12-14-22)15-17-25(26,27)18-16-23(20-7-3-1-4-8-20)21-9-5-2-6-10-21/h1-14,16H,15,17-18,24H2/q-1. The van der Waals surface area contributed by atoms with Crippen LogP contribution < -0.4 is 5.73 Å². The van der Waals surface area contributed by atoms with E-state index < -0.39 is 4.81 Å². The molecular weight excluding hydrogens is 336 g/mol. The van der Waals surface area contributed by atoms with E-state index in [1.165, 1.54) is 0 Å². The molecule has 4 nitrogen and oxygen atoms in total. The molecule has 2 N–H and O–H groups in total. The monoisotopic (exact) mass is 359 g/mol. The summed E-state index contributed by atoms with van der Waals surface area (Å²) in [6, 6.07) is 26.9. The van der Waals surface area contributed by atoms with Crippen molar-refractivity contribution in [3.63, 3.8) is 0 Å². The zero-order chi connectivity index (χ0) is 19.1. The number of benzene rings is 3. The first kappa shape index (κ1) is 18.9. The minimum absolute atomic E-state index is 0.0305. The van der Waals surface area contributed by atoms with Crippen LogP contribution in [-0.2, 0) is 6.42 Å². The first-order valence-electron chi connectivity index (χ1n) is 8.98. The van der Waals surface area contributed by atoms with E-state index in [0.29, 0.717) is 12.1 Å². The Bertz CT molecular complexity index is 832. The van der Waals surface area contributed by atoms with Gasteiger partial charge in [0.05, 0.1) is 13.1 Å². The summed E-state index contributed by atoms with van der Waals surface area (Å²) in [4.78, 5) is -1.56. The van der Waals surface area contributed by atoms with Crippen molar-refractivity contribution < 1.29 is 4.81 Å². The third-order valence-electron chi connectivity index (χ3n) is 4.46. The van der Waals surface area contributed by atoms with Gasteiger partial charge in [-0.25, -0.2) is 0 Å². The summed E-state index contributed by atoms with van der Waals surface area (Å²) < 4.78 is 0. The van der Waals surface area contributed by atoms with Crippen molar-refractivity contribution in [2.24, 2.45) is 0 Å². The Morgan fingerprint density at radius 3 is 1.81 bits per heavy atom. The highest BCUT2D eigenvalue weighted by Crippen LogP contribution is 2.24. The number of quaternary nitrogens is 1. The number of nitrogens with two attached hydrogens (primary N) is 1. The van der Waals surface area contributed by atoms with Crippen molar-refractivity contribution in [2.45, 2.75) is 6.42 Å². The van der Waals surface area contributed by atoms with Crippen molar-refractivity contribution in [3.05, 3.63) is 118 Å². The number of nitrogens with zero attached hydrogens (tertiary/aromatic N) is 1. The maximum Gasteiger partial charge on any atom is 0.0977 e. The Balaban J connectivity index is 1.75. The molecule has 0 aliphatic carbocycles. The summed E-state index contributed by atoms with van der Waals surface area (Å²) in [6.07, 6.45) is 2.18. The number of hydroxylamine groups is 4. The summed E-state index contributed by atoms with van der Waals surface area (Å²) in [5, 5.41) is 24.8. The fourth-order valence-electron chi connectivity index (χ4n) is 2.94. The second-order valence-electron chi connectivity index (χ2n) is 6.56. The number of hydrogen-bond donors (Lipinski definition) is 1. The largest absolute Gasteiger partial charge is 0.631 e. The van der Waals surface area contributed by atoms with Gasteiger partial charge >= 0.3 is 0 Å². The summed E-state index contributed by atoms with van der Waals surface area (Å²) in [6.45, 7) is -0.161. The molecule has 0 saturated heterocycles. The van der Waals surface area contributed by atoms with Crippen LogP contribution in [0.3, 0.4) is 0 Å². The summed E-state index contributed by atoms with van der Waals surface area (Å²) in [5.74, 6) is 0. The first-order valence-corrected chi connectivity index (χ1v) is 8.98. The van der Waals surface area contributed by atoms with Gasteiger partial charge in [0, 0.05) is 12.1 Å². The Labute approximate surface area is 159 Å². The third-order valence-corrected chi connectivity index (χ3v) is 4.46. The van der Waals surface area contributed by atoms with Gasteiger partial charge in [-0.05, 0) is 40.5 Å². The molecule has 138 valence electrons. The summed E-state index contributed by atoms with van der Waals surface area (Å²) in [7, 11) is 0. The van der Waals surface area contributed by atoms with Crippen LogP contribution in [-0.4, -0.2) is 17.9 Å². The van der Waals surface area contributed by atoms with Gasteiger partial charge in [-0.15, -0.1) is 0 Å². The molecule has 0 aliphatic rings. The number of anilines is 1. The molecule has 0 aliphatic heterocycles. The molecule has 27 heavy (non-hydrogen) atoms. The molecule has 0 radical (unpaired) electrons. The van der Waals surface area contributed by atoms with Crippen molar-refractivity contribution >= 4 is 11.3 Å². The van der Waals surface area contributed by atoms with E-state index in [-0.39, 0.29) is 13.1 Å². The highest BCUT2D eigenvalue weighted by molar-refractivity contribution is 5.79. The Morgan fingerprint density at radius 1 is 0.778 bits per heavy atom. The molecule has 0 bridgehead atoms. The topological polar surface area (TPSA) is 72.1 Å². The van der Waals surface area contributed by atoms with Gasteiger partial charge in [0.15, 0.2) is 0 Å². The third kappa shape index (κ3) is 5.53. The molecular formula is C23H23N2O2-. The molecule has 0 aromatic heterocycles. The maximum absolute atomic E-state index is 12.4. The van der Waals surface area contributed by atoms with Crippen molar-refractivity contribution in [2.75, 3.05) is 18.8 Å². The highest BCUT2D eigenvalue weighted by Gasteiger charge is 2.09. The second kappa shape index (κ2) is 8.64. The highest BCUT2D eigenvalue weighted by atomic mass is 16.8. The van der Waals surface area contributed by atoms with Crippen LogP contribution >= 0.6 is 0 Å². The lowest BCUT2D eigenvalue weighted by Crippen LogP contribution is -2.37. The Hall–Kier alpha value is -2.92. The minimum Gasteiger partial charge on any atom is -0.631 e. The number of nitrogen functional groups attached to an aromatic ring is 1. The van der Waals surface area contributed by atoms with Crippen LogP contribution in [0.5, 0.6) is 0 Å². The lowest BCUT2D eigenvalue weighted by atomic mass is 9.97. The van der Waals surface area contributed by atoms with E-state index in [4.69, 9.17) is 5.73 Å². The van der Waals surface area contributed by atoms with E-state index in [0.717, 1.165) is 22.3 Å². The van der Waals surface area contributed by atoms with Gasteiger partial charge in [-0.1, -0.05) is 72.8 Å². The summed E-state index contributed by atoms with van der Waals surface area (Å²) >= 11 is 0. The van der Waals surface area contributed by atoms with Gasteiger partial charge in [0.1, 0.15) is 0 Å². The predicted octanol–water partition coefficient (Wildman–Crippen LogP) is 4.76. The zero-order valence-electron chi connectivity index (χ0n) is 15.1. The molecule has 3 rings (SSSR count). The van der Waals surface area contributed by atoms with Crippen molar-refractivity contribution in [1.29, 1.82) is 0 Å². The van der Waals surface area contributed by atoms with Gasteiger partial charge in [-0.2, -0.15) is 0 Å². The normalized spacial score (nSPS) is 11.2. The average Bonchev–Trinajstić information content (AvgIpc) is 2.69. The van der Waals surface area contributed by atoms with E-state index in [2.05, 4.69) is 0 Å². The molecule has 4 heteroatoms. The average molecular weight is 359 g/mol. The molecule has 3 aromatic carbocycles. The number of hydrogen-bond acceptors (Lipinski definition) is 3. The van der Waals surface area contributed by atoms with Crippen LogP contribution in [0.15, 0.2) is 91.0 Å². The zero-order valence-corrected chi connectivity index (χ0v) is 15.1. The summed E-state index contributed by atoms with van der Waals surface area (Å²) in [5.41, 5.74) is 10.1. The molecule has 0 heterocycles. The van der Waals surface area contributed by atoms with Crippen LogP contribution in [0, 0.1) is 10.4 Å². The van der Waals surface area contributed by atoms with Gasteiger partial charge in [0.2, 0.25) is 0 Å². The van der Waals surface area contributed by atoms with E-state index in [1.807, 2.05) is 72.8 Å². The van der Waals surface area contributed by atoms with Gasteiger partial charge in [0.25, 0.3) is 0 Å². The molecule has 0 amide bonds. The lowest BCUT2D eigenvalue weighted by Gasteiger charge is -2.46. The van der Waals surface area contributed by atoms with E-state index >= 15 is 0 Å². The predicted molar refractivity (Wildman–Crippen MR) is 111 cm³/mol. The molecule has 0 unspecified atom stereocenters. The Morgan fingerprint density at radius 2 is 1.30 bits per heavy atom. The molecule has 3 aromatic rings. The number of rotatable bonds is 7. The SMILES string of the molecule is Nc1ccc(CC[N+]([O-])([O-])CC=C(c2ccccc2)c2ccccc2)cc1. The molecule has 0 atom stereocenters. The van der Waals surface area contributed by atoms with Gasteiger partial charge in [-0.3, -0.25) is 0 Å². The van der Waals surface area contributed by atoms with Gasteiger partial charge < -0.3 is 21.0 Å². The maximum atomic E-state index is 12.4. The second-order valence-corrected chi connectivity index (χ2v) is 6.56. The van der Waals surface area contributed by atoms with Crippen molar-refractivity contribution in [1.82, 2.24) is 0 Å². The smallest absolute Gasteiger partial charge is 0.0977 e. The first-order chi connectivity index (χ1) is 13.0. The quantitative estimate of drug-likeness (QED) is 0.376. The van der Waals surface area contributed by atoms with Crippen molar-refractivity contribution in [3.8, 4) is 0 Å². The van der Waals surface area contributed by atoms with Crippen LogP contribution in [0.4, 0.5) is 5.69 Å². The molecule has 0 spiro atoms. The molecule has 0 saturated carbocycles. The Kier molecular flexibility index (Phi) is 6.04. The van der Waals surface area contributed by atoms with Crippen LogP contribution in [0.25, 0.3) is 5.57 Å².